The number of unbranched alkanes of at least 4 members (excludes halogenated alkanes) is 1. The molecule has 0 aliphatic rings. The van der Waals surface area contributed by atoms with E-state index in [-0.39, 0.29) is 0 Å². The van der Waals surface area contributed by atoms with Crippen molar-refractivity contribution >= 4 is 5.84 Å². The number of hydrogen-bond donors (Lipinski definition) is 0. The monoisotopic (exact) mass is 392 g/mol. The predicted molar refractivity (Wildman–Crippen MR) is 116 cm³/mol. The molecule has 0 saturated carbocycles. The molecule has 6 heteroatoms. The SMILES string of the molecule is CCN(C)N=C(c1ccccc1OCCCCOc1ccccc1)n1ccnc1. The fraction of sp³-hybridized carbons (Fsp3) is 0.304. The smallest absolute Gasteiger partial charge is 0.169 e. The Hall–Kier alpha value is -3.28. The quantitative estimate of drug-likeness (QED) is 0.224. The number of ether oxygens (including phenoxy) is 2. The maximum Gasteiger partial charge on any atom is 0.169 e. The maximum absolute atomic E-state index is 6.10. The molecule has 3 rings (SSSR count). The largest absolute Gasteiger partial charge is 0.494 e. The number of benzene rings is 2. The van der Waals surface area contributed by atoms with Gasteiger partial charge in [0.1, 0.15) is 17.8 Å². The zero-order valence-electron chi connectivity index (χ0n) is 17.1. The third-order valence-corrected chi connectivity index (χ3v) is 4.41. The lowest BCUT2D eigenvalue weighted by atomic mass is 10.2. The summed E-state index contributed by atoms with van der Waals surface area (Å²) in [7, 11) is 1.95. The van der Waals surface area contributed by atoms with Crippen LogP contribution in [0.2, 0.25) is 0 Å². The molecule has 0 atom stereocenters. The average molecular weight is 393 g/mol. The van der Waals surface area contributed by atoms with Gasteiger partial charge in [0.25, 0.3) is 0 Å². The zero-order chi connectivity index (χ0) is 20.3. The van der Waals surface area contributed by atoms with Crippen LogP contribution in [0.3, 0.4) is 0 Å². The Kier molecular flexibility index (Phi) is 7.69. The lowest BCUT2D eigenvalue weighted by Crippen LogP contribution is -2.20. The second-order valence-corrected chi connectivity index (χ2v) is 6.58. The Morgan fingerprint density at radius 2 is 1.72 bits per heavy atom. The summed E-state index contributed by atoms with van der Waals surface area (Å²) in [6.07, 6.45) is 7.23. The molecule has 0 aliphatic carbocycles. The van der Waals surface area contributed by atoms with Gasteiger partial charge in [-0.2, -0.15) is 5.10 Å². The minimum absolute atomic E-state index is 0.621. The van der Waals surface area contributed by atoms with Gasteiger partial charge in [-0.3, -0.25) is 9.58 Å². The standard InChI is InChI=1S/C23H28N4O2/c1-3-26(2)25-23(27-16-15-24-19-27)21-13-7-8-14-22(21)29-18-10-9-17-28-20-11-5-4-6-12-20/h4-8,11-16,19H,3,9-10,17-18H2,1-2H3. The van der Waals surface area contributed by atoms with Crippen LogP contribution >= 0.6 is 0 Å². The van der Waals surface area contributed by atoms with Crippen LogP contribution in [-0.4, -0.2) is 47.2 Å². The predicted octanol–water partition coefficient (Wildman–Crippen LogP) is 4.28. The number of rotatable bonds is 10. The van der Waals surface area contributed by atoms with Crippen molar-refractivity contribution in [3.63, 3.8) is 0 Å². The molecule has 0 aliphatic heterocycles. The Morgan fingerprint density at radius 3 is 2.45 bits per heavy atom. The number of para-hydroxylation sites is 2. The normalized spacial score (nSPS) is 11.3. The van der Waals surface area contributed by atoms with Crippen LogP contribution in [0.15, 0.2) is 78.4 Å². The van der Waals surface area contributed by atoms with Gasteiger partial charge in [-0.05, 0) is 44.0 Å². The third kappa shape index (κ3) is 6.10. The molecule has 152 valence electrons. The number of imidazole rings is 1. The van der Waals surface area contributed by atoms with Crippen LogP contribution < -0.4 is 9.47 Å². The van der Waals surface area contributed by atoms with Gasteiger partial charge in [0.15, 0.2) is 5.84 Å². The molecule has 0 unspecified atom stereocenters. The van der Waals surface area contributed by atoms with Crippen molar-refractivity contribution in [1.82, 2.24) is 14.6 Å². The molecule has 1 aromatic heterocycles. The van der Waals surface area contributed by atoms with Crippen molar-refractivity contribution in [3.8, 4) is 11.5 Å². The van der Waals surface area contributed by atoms with Crippen LogP contribution in [0.1, 0.15) is 25.3 Å². The van der Waals surface area contributed by atoms with E-state index in [1.54, 1.807) is 12.5 Å². The zero-order valence-corrected chi connectivity index (χ0v) is 17.1. The Morgan fingerprint density at radius 1 is 1.00 bits per heavy atom. The summed E-state index contributed by atoms with van der Waals surface area (Å²) < 4.78 is 13.7. The van der Waals surface area contributed by atoms with Crippen LogP contribution in [0.25, 0.3) is 0 Å². The summed E-state index contributed by atoms with van der Waals surface area (Å²) in [4.78, 5) is 4.16. The highest BCUT2D eigenvalue weighted by molar-refractivity contribution is 6.02. The van der Waals surface area contributed by atoms with Gasteiger partial charge >= 0.3 is 0 Å². The highest BCUT2D eigenvalue weighted by Crippen LogP contribution is 2.21. The molecule has 0 N–H and O–H groups in total. The molecule has 6 nitrogen and oxygen atoms in total. The van der Waals surface area contributed by atoms with E-state index in [0.717, 1.165) is 42.3 Å². The van der Waals surface area contributed by atoms with Crippen molar-refractivity contribution in [2.45, 2.75) is 19.8 Å². The van der Waals surface area contributed by atoms with Gasteiger partial charge in [-0.1, -0.05) is 30.3 Å². The third-order valence-electron chi connectivity index (χ3n) is 4.41. The molecule has 3 aromatic rings. The molecule has 2 aromatic carbocycles. The number of hydrogen-bond acceptors (Lipinski definition) is 5. The average Bonchev–Trinajstić information content (AvgIpc) is 3.30. The molecule has 1 heterocycles. The highest BCUT2D eigenvalue weighted by Gasteiger charge is 2.13. The molecule has 29 heavy (non-hydrogen) atoms. The van der Waals surface area contributed by atoms with E-state index in [2.05, 4.69) is 11.9 Å². The van der Waals surface area contributed by atoms with Crippen LogP contribution in [0, 0.1) is 0 Å². The Bertz CT molecular complexity index is 879. The van der Waals surface area contributed by atoms with Crippen molar-refractivity contribution < 1.29 is 9.47 Å². The van der Waals surface area contributed by atoms with Gasteiger partial charge < -0.3 is 9.47 Å². The van der Waals surface area contributed by atoms with E-state index in [0.29, 0.717) is 13.2 Å². The minimum atomic E-state index is 0.621. The van der Waals surface area contributed by atoms with Gasteiger partial charge in [-0.25, -0.2) is 4.98 Å². The summed E-state index contributed by atoms with van der Waals surface area (Å²) in [5.41, 5.74) is 0.936. The van der Waals surface area contributed by atoms with E-state index >= 15 is 0 Å². The number of aromatic nitrogens is 2. The fourth-order valence-electron chi connectivity index (χ4n) is 2.73. The first-order valence-corrected chi connectivity index (χ1v) is 9.96. The van der Waals surface area contributed by atoms with Crippen molar-refractivity contribution in [3.05, 3.63) is 78.9 Å². The fourth-order valence-corrected chi connectivity index (χ4v) is 2.73. The van der Waals surface area contributed by atoms with Crippen LogP contribution in [0.4, 0.5) is 0 Å². The van der Waals surface area contributed by atoms with Crippen LogP contribution in [-0.2, 0) is 0 Å². The van der Waals surface area contributed by atoms with Gasteiger partial charge in [-0.15, -0.1) is 0 Å². The van der Waals surface area contributed by atoms with E-state index in [9.17, 15) is 0 Å². The molecule has 0 spiro atoms. The van der Waals surface area contributed by atoms with Crippen LogP contribution in [0.5, 0.6) is 11.5 Å². The maximum atomic E-state index is 6.10. The van der Waals surface area contributed by atoms with E-state index in [1.165, 1.54) is 0 Å². The molecule has 0 fully saturated rings. The molecule has 0 radical (unpaired) electrons. The molecule has 0 bridgehead atoms. The highest BCUT2D eigenvalue weighted by atomic mass is 16.5. The van der Waals surface area contributed by atoms with Crippen molar-refractivity contribution in [1.29, 1.82) is 0 Å². The summed E-state index contributed by atoms with van der Waals surface area (Å²) in [5, 5.41) is 6.63. The minimum Gasteiger partial charge on any atom is -0.494 e. The number of hydrazone groups is 1. The first-order chi connectivity index (χ1) is 14.3. The van der Waals surface area contributed by atoms with Crippen molar-refractivity contribution in [2.75, 3.05) is 26.8 Å². The summed E-state index contributed by atoms with van der Waals surface area (Å²) in [6, 6.07) is 17.9. The van der Waals surface area contributed by atoms with E-state index < -0.39 is 0 Å². The molecular formula is C23H28N4O2. The summed E-state index contributed by atoms with van der Waals surface area (Å²) in [6.45, 7) is 4.17. The second-order valence-electron chi connectivity index (χ2n) is 6.58. The van der Waals surface area contributed by atoms with Gasteiger partial charge in [0.05, 0.1) is 18.8 Å². The lowest BCUT2D eigenvalue weighted by Gasteiger charge is -2.17. The lowest BCUT2D eigenvalue weighted by molar-refractivity contribution is 0.266. The number of nitrogens with zero attached hydrogens (tertiary/aromatic N) is 4. The molecule has 0 saturated heterocycles. The molecule has 0 amide bonds. The Labute approximate surface area is 172 Å². The summed E-state index contributed by atoms with van der Waals surface area (Å²) in [5.74, 6) is 2.50. The first-order valence-electron chi connectivity index (χ1n) is 9.96. The van der Waals surface area contributed by atoms with Gasteiger partial charge in [0, 0.05) is 26.0 Å². The first kappa shape index (κ1) is 20.5. The van der Waals surface area contributed by atoms with Gasteiger partial charge in [0.2, 0.25) is 0 Å². The molecular weight excluding hydrogens is 364 g/mol. The van der Waals surface area contributed by atoms with Crippen molar-refractivity contribution in [2.24, 2.45) is 5.10 Å². The summed E-state index contributed by atoms with van der Waals surface area (Å²) >= 11 is 0. The Balaban J connectivity index is 1.60. The topological polar surface area (TPSA) is 51.9 Å². The second kappa shape index (κ2) is 10.9. The van der Waals surface area contributed by atoms with E-state index in [1.807, 2.05) is 77.4 Å². The van der Waals surface area contributed by atoms with E-state index in [4.69, 9.17) is 14.6 Å².